The smallest absolute Gasteiger partial charge is 0.255 e. The molecule has 1 atom stereocenters. The second-order valence-electron chi connectivity index (χ2n) is 6.45. The number of benzene rings is 2. The molecular weight excluding hydrogens is 397 g/mol. The summed E-state index contributed by atoms with van der Waals surface area (Å²) >= 11 is 6.03. The highest BCUT2D eigenvalue weighted by molar-refractivity contribution is 6.31. The molecule has 0 aliphatic heterocycles. The molecule has 0 bridgehead atoms. The number of carbonyl (C=O) groups excluding carboxylic acids is 1. The lowest BCUT2D eigenvalue weighted by molar-refractivity contribution is 0.0933. The van der Waals surface area contributed by atoms with Crippen molar-refractivity contribution in [2.45, 2.75) is 19.4 Å². The second-order valence-corrected chi connectivity index (χ2v) is 6.88. The van der Waals surface area contributed by atoms with E-state index in [0.29, 0.717) is 27.9 Å². The summed E-state index contributed by atoms with van der Waals surface area (Å²) in [6.07, 6.45) is 0.241. The van der Waals surface area contributed by atoms with Crippen molar-refractivity contribution in [2.24, 2.45) is 0 Å². The van der Waals surface area contributed by atoms with Gasteiger partial charge in [-0.25, -0.2) is 9.37 Å². The highest BCUT2D eigenvalue weighted by Crippen LogP contribution is 2.25. The molecule has 0 saturated carbocycles. The maximum atomic E-state index is 13.4. The van der Waals surface area contributed by atoms with Crippen LogP contribution in [-0.2, 0) is 6.42 Å². The monoisotopic (exact) mass is 415 g/mol. The molecule has 0 radical (unpaired) electrons. The van der Waals surface area contributed by atoms with Crippen LogP contribution in [0.2, 0.25) is 5.02 Å². The number of aryl methyl sites for hydroxylation is 1. The van der Waals surface area contributed by atoms with Crippen LogP contribution < -0.4 is 15.6 Å². The quantitative estimate of drug-likeness (QED) is 0.644. The van der Waals surface area contributed by atoms with Crippen molar-refractivity contribution in [3.8, 4) is 5.75 Å². The average Bonchev–Trinajstić information content (AvgIpc) is 2.67. The maximum absolute atomic E-state index is 13.4. The first-order valence-electron chi connectivity index (χ1n) is 8.82. The Kier molecular flexibility index (Phi) is 6.29. The first-order chi connectivity index (χ1) is 13.9. The van der Waals surface area contributed by atoms with Crippen LogP contribution in [0.1, 0.15) is 33.5 Å². The zero-order chi connectivity index (χ0) is 21.0. The molecule has 1 aromatic heterocycles. The standard InChI is InChI=1S/C21H19ClFN3O3/c1-12-24-16(11-20(27)25-12)10-18(13-3-6-15(23)7-4-13)26-21(28)17-9-14(22)5-8-19(17)29-2/h3-9,11,18H,10H2,1-2H3,(H,26,28)(H,24,25,27)/t18-/m0/s1. The third-order valence-corrected chi connectivity index (χ3v) is 4.55. The summed E-state index contributed by atoms with van der Waals surface area (Å²) in [6, 6.07) is 11.3. The van der Waals surface area contributed by atoms with Crippen LogP contribution in [0.5, 0.6) is 5.75 Å². The van der Waals surface area contributed by atoms with Crippen molar-refractivity contribution in [3.05, 3.63) is 92.4 Å². The molecular formula is C21H19ClFN3O3. The number of amides is 1. The number of ether oxygens (including phenoxy) is 1. The van der Waals surface area contributed by atoms with Crippen molar-refractivity contribution in [1.82, 2.24) is 15.3 Å². The molecule has 1 amide bonds. The Labute approximate surface area is 171 Å². The Bertz CT molecular complexity index is 1080. The van der Waals surface area contributed by atoms with Crippen molar-refractivity contribution >= 4 is 17.5 Å². The lowest BCUT2D eigenvalue weighted by Crippen LogP contribution is -2.31. The third-order valence-electron chi connectivity index (χ3n) is 4.31. The molecule has 150 valence electrons. The fraction of sp³-hybridized carbons (Fsp3) is 0.190. The van der Waals surface area contributed by atoms with E-state index in [4.69, 9.17) is 16.3 Å². The van der Waals surface area contributed by atoms with Gasteiger partial charge in [-0.3, -0.25) is 9.59 Å². The number of carbonyl (C=O) groups is 1. The average molecular weight is 416 g/mol. The van der Waals surface area contributed by atoms with E-state index in [1.165, 1.54) is 31.4 Å². The number of nitrogens with one attached hydrogen (secondary N) is 2. The third kappa shape index (κ3) is 5.20. The molecule has 29 heavy (non-hydrogen) atoms. The Balaban J connectivity index is 1.94. The number of methoxy groups -OCH3 is 1. The van der Waals surface area contributed by atoms with Gasteiger partial charge in [0.15, 0.2) is 0 Å². The summed E-state index contributed by atoms with van der Waals surface area (Å²) in [6.45, 7) is 1.67. The largest absolute Gasteiger partial charge is 0.496 e. The fourth-order valence-corrected chi connectivity index (χ4v) is 3.17. The molecule has 6 nitrogen and oxygen atoms in total. The normalized spacial score (nSPS) is 11.7. The zero-order valence-electron chi connectivity index (χ0n) is 15.8. The zero-order valence-corrected chi connectivity index (χ0v) is 16.6. The van der Waals surface area contributed by atoms with Crippen LogP contribution in [0.3, 0.4) is 0 Å². The lowest BCUT2D eigenvalue weighted by atomic mass is 10.0. The van der Waals surface area contributed by atoms with Crippen LogP contribution in [0.15, 0.2) is 53.3 Å². The fourth-order valence-electron chi connectivity index (χ4n) is 3.00. The van der Waals surface area contributed by atoms with Crippen LogP contribution in [0, 0.1) is 12.7 Å². The Morgan fingerprint density at radius 1 is 1.24 bits per heavy atom. The topological polar surface area (TPSA) is 84.1 Å². The van der Waals surface area contributed by atoms with E-state index in [0.717, 1.165) is 0 Å². The highest BCUT2D eigenvalue weighted by atomic mass is 35.5. The van der Waals surface area contributed by atoms with E-state index in [1.807, 2.05) is 0 Å². The summed E-state index contributed by atoms with van der Waals surface area (Å²) in [7, 11) is 1.46. The van der Waals surface area contributed by atoms with E-state index < -0.39 is 11.9 Å². The molecule has 0 spiro atoms. The molecule has 0 unspecified atom stereocenters. The van der Waals surface area contributed by atoms with Crippen LogP contribution in [-0.4, -0.2) is 23.0 Å². The van der Waals surface area contributed by atoms with Gasteiger partial charge in [-0.2, -0.15) is 0 Å². The van der Waals surface area contributed by atoms with Gasteiger partial charge in [0.05, 0.1) is 24.4 Å². The number of H-pyrrole nitrogens is 1. The SMILES string of the molecule is COc1ccc(Cl)cc1C(=O)N[C@@H](Cc1cc(=O)[nH]c(C)n1)c1ccc(F)cc1. The minimum atomic E-state index is -0.555. The summed E-state index contributed by atoms with van der Waals surface area (Å²) in [4.78, 5) is 31.6. The van der Waals surface area contributed by atoms with Gasteiger partial charge in [0.1, 0.15) is 17.4 Å². The van der Waals surface area contributed by atoms with Crippen molar-refractivity contribution < 1.29 is 13.9 Å². The summed E-state index contributed by atoms with van der Waals surface area (Å²) in [5.41, 5.74) is 1.15. The van der Waals surface area contributed by atoms with Gasteiger partial charge in [-0.05, 0) is 42.8 Å². The molecule has 2 N–H and O–H groups in total. The number of hydrogen-bond acceptors (Lipinski definition) is 4. The van der Waals surface area contributed by atoms with E-state index in [-0.39, 0.29) is 23.4 Å². The predicted molar refractivity (Wildman–Crippen MR) is 108 cm³/mol. The minimum absolute atomic E-state index is 0.241. The van der Waals surface area contributed by atoms with Gasteiger partial charge < -0.3 is 15.0 Å². The highest BCUT2D eigenvalue weighted by Gasteiger charge is 2.20. The minimum Gasteiger partial charge on any atom is -0.496 e. The molecule has 1 heterocycles. The molecule has 0 fully saturated rings. The molecule has 3 aromatic rings. The van der Waals surface area contributed by atoms with Gasteiger partial charge >= 0.3 is 0 Å². The van der Waals surface area contributed by atoms with E-state index in [2.05, 4.69) is 15.3 Å². The van der Waals surface area contributed by atoms with Gasteiger partial charge in [-0.15, -0.1) is 0 Å². The summed E-state index contributed by atoms with van der Waals surface area (Å²) < 4.78 is 18.6. The molecule has 8 heteroatoms. The Morgan fingerprint density at radius 3 is 2.62 bits per heavy atom. The summed E-state index contributed by atoms with van der Waals surface area (Å²) in [5.74, 6) is 0.0313. The number of aromatic amines is 1. The Morgan fingerprint density at radius 2 is 1.97 bits per heavy atom. The number of rotatable bonds is 6. The molecule has 0 aliphatic rings. The van der Waals surface area contributed by atoms with Crippen LogP contribution in [0.4, 0.5) is 4.39 Å². The van der Waals surface area contributed by atoms with Gasteiger partial charge in [0, 0.05) is 17.5 Å². The van der Waals surface area contributed by atoms with Crippen molar-refractivity contribution in [3.63, 3.8) is 0 Å². The molecule has 0 aliphatic carbocycles. The summed E-state index contributed by atoms with van der Waals surface area (Å²) in [5, 5.41) is 3.30. The number of aromatic nitrogens is 2. The first kappa shape index (κ1) is 20.5. The van der Waals surface area contributed by atoms with E-state index in [1.54, 1.807) is 31.2 Å². The van der Waals surface area contributed by atoms with Crippen molar-refractivity contribution in [1.29, 1.82) is 0 Å². The van der Waals surface area contributed by atoms with Gasteiger partial charge in [0.2, 0.25) is 0 Å². The van der Waals surface area contributed by atoms with E-state index in [9.17, 15) is 14.0 Å². The number of hydrogen-bond donors (Lipinski definition) is 2. The van der Waals surface area contributed by atoms with Crippen molar-refractivity contribution in [2.75, 3.05) is 7.11 Å². The molecule has 3 rings (SSSR count). The van der Waals surface area contributed by atoms with E-state index >= 15 is 0 Å². The van der Waals surface area contributed by atoms with Crippen LogP contribution in [0.25, 0.3) is 0 Å². The lowest BCUT2D eigenvalue weighted by Gasteiger charge is -2.20. The van der Waals surface area contributed by atoms with Gasteiger partial charge in [0.25, 0.3) is 11.5 Å². The molecule has 2 aromatic carbocycles. The maximum Gasteiger partial charge on any atom is 0.255 e. The predicted octanol–water partition coefficient (Wildman–Crippen LogP) is 3.59. The number of nitrogens with zero attached hydrogens (tertiary/aromatic N) is 1. The number of halogens is 2. The van der Waals surface area contributed by atoms with Gasteiger partial charge in [-0.1, -0.05) is 23.7 Å². The molecule has 0 saturated heterocycles. The Hall–Kier alpha value is -3.19. The first-order valence-corrected chi connectivity index (χ1v) is 9.20. The second kappa shape index (κ2) is 8.87. The van der Waals surface area contributed by atoms with Crippen LogP contribution >= 0.6 is 11.6 Å².